The van der Waals surface area contributed by atoms with Gasteiger partial charge in [-0.1, -0.05) is 12.1 Å². The molecule has 7 N–H and O–H groups in total. The van der Waals surface area contributed by atoms with Crippen molar-refractivity contribution in [2.45, 2.75) is 24.8 Å². The number of aromatic carboxylic acids is 1. The number of halogens is 2. The van der Waals surface area contributed by atoms with Gasteiger partial charge in [0.25, 0.3) is 0 Å². The fourth-order valence-corrected chi connectivity index (χ4v) is 5.04. The lowest BCUT2D eigenvalue weighted by Gasteiger charge is -2.24. The Morgan fingerprint density at radius 1 is 1.09 bits per heavy atom. The molecule has 0 radical (unpaired) electrons. The molecule has 0 amide bonds. The third kappa shape index (κ3) is 3.37. The molecule has 1 aliphatic heterocycles. The molecule has 1 aliphatic carbocycles. The number of nitrogens with zero attached hydrogens (tertiary/aromatic N) is 2. The fraction of sp³-hybridized carbons (Fsp3) is 0.333. The summed E-state index contributed by atoms with van der Waals surface area (Å²) >= 11 is 0. The van der Waals surface area contributed by atoms with Crippen LogP contribution in [0.15, 0.2) is 35.3 Å². The largest absolute Gasteiger partial charge is 0.477 e. The Labute approximate surface area is 193 Å². The second-order valence-corrected chi connectivity index (χ2v) is 9.10. The molecule has 3 aromatic rings. The van der Waals surface area contributed by atoms with Crippen LogP contribution in [0.2, 0.25) is 0 Å². The number of aromatic nitrogens is 1. The molecule has 0 bridgehead atoms. The summed E-state index contributed by atoms with van der Waals surface area (Å²) in [5.41, 5.74) is 16.8. The van der Waals surface area contributed by atoms with Crippen LogP contribution in [0.3, 0.4) is 0 Å². The van der Waals surface area contributed by atoms with Gasteiger partial charge in [0.05, 0.1) is 16.6 Å². The van der Waals surface area contributed by atoms with Gasteiger partial charge in [0.15, 0.2) is 11.6 Å². The van der Waals surface area contributed by atoms with Crippen LogP contribution in [0.4, 0.5) is 25.8 Å². The highest BCUT2D eigenvalue weighted by Crippen LogP contribution is 2.44. The average Bonchev–Trinajstić information content (AvgIpc) is 3.57. The SMILES string of the molecule is NC[C@H]1CN(c2c(F)c(N)c3c(=O)c(C(=O)O)cn(C4CC4)c3c2F)C[C@@H]1c1ccc(N)cc1. The quantitative estimate of drug-likeness (QED) is 0.421. The summed E-state index contributed by atoms with van der Waals surface area (Å²) in [6, 6.07) is 7.13. The summed E-state index contributed by atoms with van der Waals surface area (Å²) in [4.78, 5) is 26.0. The predicted molar refractivity (Wildman–Crippen MR) is 126 cm³/mol. The van der Waals surface area contributed by atoms with E-state index in [0.717, 1.165) is 11.8 Å². The number of benzene rings is 2. The zero-order chi connectivity index (χ0) is 24.3. The molecule has 10 heteroatoms. The van der Waals surface area contributed by atoms with Crippen molar-refractivity contribution >= 4 is 33.9 Å². The lowest BCUT2D eigenvalue weighted by atomic mass is 9.89. The molecule has 5 rings (SSSR count). The van der Waals surface area contributed by atoms with Gasteiger partial charge >= 0.3 is 5.97 Å². The van der Waals surface area contributed by atoms with Gasteiger partial charge in [0.1, 0.15) is 11.3 Å². The van der Waals surface area contributed by atoms with Gasteiger partial charge in [0.2, 0.25) is 5.43 Å². The van der Waals surface area contributed by atoms with E-state index in [4.69, 9.17) is 17.2 Å². The van der Waals surface area contributed by atoms with Crippen LogP contribution in [0.1, 0.15) is 40.7 Å². The predicted octanol–water partition coefficient (Wildman–Crippen LogP) is 2.66. The number of nitrogen functional groups attached to an aromatic ring is 2. The first-order valence-electron chi connectivity index (χ1n) is 11.1. The van der Waals surface area contributed by atoms with Crippen molar-refractivity contribution < 1.29 is 18.7 Å². The molecule has 0 unspecified atom stereocenters. The second kappa shape index (κ2) is 7.98. The molecule has 34 heavy (non-hydrogen) atoms. The van der Waals surface area contributed by atoms with E-state index in [0.29, 0.717) is 38.2 Å². The van der Waals surface area contributed by atoms with Crippen LogP contribution >= 0.6 is 0 Å². The van der Waals surface area contributed by atoms with E-state index in [2.05, 4.69) is 0 Å². The molecule has 2 aromatic carbocycles. The zero-order valence-corrected chi connectivity index (χ0v) is 18.3. The number of pyridine rings is 1. The van der Waals surface area contributed by atoms with Gasteiger partial charge in [-0.25, -0.2) is 13.6 Å². The first-order chi connectivity index (χ1) is 16.2. The van der Waals surface area contributed by atoms with Gasteiger partial charge in [0, 0.05) is 36.9 Å². The zero-order valence-electron chi connectivity index (χ0n) is 18.3. The fourth-order valence-electron chi connectivity index (χ4n) is 5.04. The molecule has 1 aromatic heterocycles. The van der Waals surface area contributed by atoms with Crippen molar-refractivity contribution in [1.29, 1.82) is 0 Å². The van der Waals surface area contributed by atoms with Crippen LogP contribution in [0.25, 0.3) is 10.9 Å². The smallest absolute Gasteiger partial charge is 0.341 e. The number of hydrogen-bond acceptors (Lipinski definition) is 6. The first kappa shape index (κ1) is 22.1. The Bertz CT molecular complexity index is 1370. The molecule has 1 saturated carbocycles. The summed E-state index contributed by atoms with van der Waals surface area (Å²) in [5.74, 6) is -3.61. The number of rotatable bonds is 5. The van der Waals surface area contributed by atoms with E-state index in [-0.39, 0.29) is 29.1 Å². The Morgan fingerprint density at radius 3 is 2.35 bits per heavy atom. The lowest BCUT2D eigenvalue weighted by molar-refractivity contribution is 0.0695. The third-order valence-corrected chi connectivity index (χ3v) is 6.96. The molecule has 1 saturated heterocycles. The van der Waals surface area contributed by atoms with Crippen molar-refractivity contribution in [3.8, 4) is 0 Å². The number of anilines is 3. The molecule has 178 valence electrons. The van der Waals surface area contributed by atoms with Crippen LogP contribution < -0.4 is 27.5 Å². The maximum atomic E-state index is 16.0. The standard InChI is InChI=1S/C24H25F2N5O3/c25-18-20(29)17-21(31(14-5-6-14)10-16(23(17)32)24(33)34)19(26)22(18)30-8-12(7-27)15(9-30)11-1-3-13(28)4-2-11/h1-4,10,12,14-15H,5-9,27-29H2,(H,33,34)/t12-,15+/m0/s1. The molecular formula is C24H25F2N5O3. The molecule has 2 atom stereocenters. The highest BCUT2D eigenvalue weighted by molar-refractivity contribution is 5.99. The maximum Gasteiger partial charge on any atom is 0.341 e. The minimum atomic E-state index is -1.47. The van der Waals surface area contributed by atoms with Crippen molar-refractivity contribution in [2.75, 3.05) is 36.0 Å². The topological polar surface area (TPSA) is 141 Å². The van der Waals surface area contributed by atoms with E-state index < -0.39 is 39.7 Å². The molecule has 2 fully saturated rings. The Kier molecular flexibility index (Phi) is 5.20. The number of hydrogen-bond donors (Lipinski definition) is 4. The van der Waals surface area contributed by atoms with Gasteiger partial charge < -0.3 is 31.8 Å². The number of carboxylic acid groups (broad SMARTS) is 1. The summed E-state index contributed by atoms with van der Waals surface area (Å²) in [6.07, 6.45) is 2.53. The first-order valence-corrected chi connectivity index (χ1v) is 11.1. The summed E-state index contributed by atoms with van der Waals surface area (Å²) in [6.45, 7) is 0.906. The molecule has 2 heterocycles. The number of fused-ring (bicyclic) bond motifs is 1. The maximum absolute atomic E-state index is 16.0. The van der Waals surface area contributed by atoms with Crippen molar-refractivity contribution in [2.24, 2.45) is 11.7 Å². The number of carbonyl (C=O) groups is 1. The lowest BCUT2D eigenvalue weighted by Crippen LogP contribution is -2.27. The van der Waals surface area contributed by atoms with Gasteiger partial charge in [-0.2, -0.15) is 0 Å². The van der Waals surface area contributed by atoms with Crippen LogP contribution in [0.5, 0.6) is 0 Å². The van der Waals surface area contributed by atoms with Crippen molar-refractivity contribution in [1.82, 2.24) is 4.57 Å². The number of nitrogens with two attached hydrogens (primary N) is 3. The average molecular weight is 469 g/mol. The number of carboxylic acids is 1. The Morgan fingerprint density at radius 2 is 1.76 bits per heavy atom. The highest BCUT2D eigenvalue weighted by Gasteiger charge is 2.38. The molecule has 8 nitrogen and oxygen atoms in total. The Balaban J connectivity index is 1.68. The van der Waals surface area contributed by atoms with Crippen LogP contribution in [-0.4, -0.2) is 35.3 Å². The minimum absolute atomic E-state index is 0.0700. The van der Waals surface area contributed by atoms with Crippen LogP contribution in [-0.2, 0) is 0 Å². The van der Waals surface area contributed by atoms with Crippen molar-refractivity contribution in [3.05, 3.63) is 63.4 Å². The van der Waals surface area contributed by atoms with E-state index in [1.807, 2.05) is 12.1 Å². The summed E-state index contributed by atoms with van der Waals surface area (Å²) in [7, 11) is 0. The van der Waals surface area contributed by atoms with E-state index in [9.17, 15) is 14.7 Å². The van der Waals surface area contributed by atoms with Gasteiger partial charge in [-0.3, -0.25) is 4.79 Å². The van der Waals surface area contributed by atoms with Crippen molar-refractivity contribution in [3.63, 3.8) is 0 Å². The summed E-state index contributed by atoms with van der Waals surface area (Å²) in [5, 5.41) is 9.01. The van der Waals surface area contributed by atoms with E-state index in [1.165, 1.54) is 4.57 Å². The normalized spacial score (nSPS) is 20.3. The molecular weight excluding hydrogens is 444 g/mol. The second-order valence-electron chi connectivity index (χ2n) is 9.10. The Hall–Kier alpha value is -3.66. The monoisotopic (exact) mass is 469 g/mol. The van der Waals surface area contributed by atoms with Gasteiger partial charge in [-0.15, -0.1) is 0 Å². The van der Waals surface area contributed by atoms with Gasteiger partial charge in [-0.05, 0) is 43.0 Å². The molecule has 0 spiro atoms. The molecule has 2 aliphatic rings. The third-order valence-electron chi connectivity index (χ3n) is 6.96. The van der Waals surface area contributed by atoms with Crippen LogP contribution in [0, 0.1) is 17.6 Å². The summed E-state index contributed by atoms with van der Waals surface area (Å²) < 4.78 is 33.0. The van der Waals surface area contributed by atoms with E-state index in [1.54, 1.807) is 17.0 Å². The highest BCUT2D eigenvalue weighted by atomic mass is 19.1. The van der Waals surface area contributed by atoms with E-state index >= 15 is 8.78 Å². The minimum Gasteiger partial charge on any atom is -0.477 e.